The second-order valence-electron chi connectivity index (χ2n) is 9.16. The van der Waals surface area contributed by atoms with Gasteiger partial charge in [-0.15, -0.1) is 0 Å². The minimum absolute atomic E-state index is 0.181. The maximum atomic E-state index is 15.0. The quantitative estimate of drug-likeness (QED) is 0.313. The summed E-state index contributed by atoms with van der Waals surface area (Å²) in [6, 6.07) is 8.82. The summed E-state index contributed by atoms with van der Waals surface area (Å²) in [5.41, 5.74) is 15.2. The Morgan fingerprint density at radius 2 is 1.92 bits per heavy atom. The first-order chi connectivity index (χ1) is 17.9. The van der Waals surface area contributed by atoms with Gasteiger partial charge >= 0.3 is 0 Å². The van der Waals surface area contributed by atoms with Crippen LogP contribution in [0.15, 0.2) is 46.3 Å². The molecule has 4 rings (SSSR count). The molecule has 0 radical (unpaired) electrons. The number of nitrogens with two attached hydrogens (primary N) is 2. The number of aromatic amines is 1. The third-order valence-corrected chi connectivity index (χ3v) is 6.40. The summed E-state index contributed by atoms with van der Waals surface area (Å²) in [6.07, 6.45) is 3.66. The Balaban J connectivity index is 1.49. The zero-order chi connectivity index (χ0) is 26.4. The molecule has 2 aromatic carbocycles. The number of nitrogens with zero attached hydrogens (tertiary/aromatic N) is 3. The van der Waals surface area contributed by atoms with Gasteiger partial charge in [0, 0.05) is 30.4 Å². The lowest BCUT2D eigenvalue weighted by molar-refractivity contribution is 0.258. The van der Waals surface area contributed by atoms with Crippen molar-refractivity contribution in [2.75, 3.05) is 38.6 Å². The number of aryl methyl sites for hydroxylation is 1. The molecule has 196 valence electrons. The number of nitrogens with one attached hydrogen (secondary N) is 2. The van der Waals surface area contributed by atoms with E-state index in [4.69, 9.17) is 16.2 Å². The summed E-state index contributed by atoms with van der Waals surface area (Å²) in [6.45, 7) is 5.14. The number of aliphatic imine (C=N–C) groups is 1. The van der Waals surface area contributed by atoms with Crippen molar-refractivity contribution in [1.82, 2.24) is 14.9 Å². The van der Waals surface area contributed by atoms with Gasteiger partial charge in [-0.2, -0.15) is 4.99 Å². The summed E-state index contributed by atoms with van der Waals surface area (Å²) in [4.78, 5) is 26.4. The number of hydrogen-bond acceptors (Lipinski definition) is 7. The highest BCUT2D eigenvalue weighted by Gasteiger charge is 2.19. The van der Waals surface area contributed by atoms with Crippen molar-refractivity contribution in [2.45, 2.75) is 32.7 Å². The maximum Gasteiger partial charge on any atom is 0.260 e. The molecule has 0 aliphatic carbocycles. The number of benzene rings is 2. The van der Waals surface area contributed by atoms with Crippen LogP contribution in [0, 0.1) is 12.7 Å². The summed E-state index contributed by atoms with van der Waals surface area (Å²) < 4.78 is 20.4. The number of H-pyrrole nitrogens is 1. The van der Waals surface area contributed by atoms with E-state index in [0.29, 0.717) is 43.0 Å². The van der Waals surface area contributed by atoms with E-state index in [2.05, 4.69) is 25.2 Å². The average Bonchev–Trinajstić information content (AvgIpc) is 3.26. The lowest BCUT2D eigenvalue weighted by Gasteiger charge is -2.22. The highest BCUT2D eigenvalue weighted by Crippen LogP contribution is 2.31. The van der Waals surface area contributed by atoms with Crippen molar-refractivity contribution in [3.8, 4) is 16.9 Å². The fourth-order valence-electron chi connectivity index (χ4n) is 4.42. The standard InChI is InChI=1S/C27H34FN7O2/c1-17-11-23-20(13-24(17)37-2)14-25(32-23)33-27-31-15-21(26(36)34-27)18-5-6-19(22(28)12-18)16-35(9-3-7-29)10-4-8-30/h5-6,11-13,15H,3-4,7-10,14,16,29-30H2,1-2H3,(H2,31,32,33,34,36). The molecule has 1 aromatic heterocycles. The molecule has 10 heteroatoms. The number of hydrogen-bond donors (Lipinski definition) is 4. The van der Waals surface area contributed by atoms with Gasteiger partial charge in [0.05, 0.1) is 12.7 Å². The minimum atomic E-state index is -0.387. The normalized spacial score (nSPS) is 13.7. The minimum Gasteiger partial charge on any atom is -0.496 e. The second-order valence-corrected chi connectivity index (χ2v) is 9.16. The molecular formula is C27H34FN7O2. The number of ether oxygens (including phenoxy) is 1. The predicted octanol–water partition coefficient (Wildman–Crippen LogP) is 3.09. The van der Waals surface area contributed by atoms with Gasteiger partial charge in [-0.3, -0.25) is 14.7 Å². The van der Waals surface area contributed by atoms with E-state index in [0.717, 1.165) is 48.5 Å². The van der Waals surface area contributed by atoms with Crippen LogP contribution < -0.4 is 27.1 Å². The van der Waals surface area contributed by atoms with Gasteiger partial charge in [-0.05, 0) is 80.8 Å². The van der Waals surface area contributed by atoms with Crippen molar-refractivity contribution in [3.63, 3.8) is 0 Å². The van der Waals surface area contributed by atoms with Gasteiger partial charge in [0.2, 0.25) is 5.95 Å². The van der Waals surface area contributed by atoms with Crippen LogP contribution in [0.1, 0.15) is 29.5 Å². The fourth-order valence-corrected chi connectivity index (χ4v) is 4.42. The van der Waals surface area contributed by atoms with Crippen LogP contribution in [0.25, 0.3) is 11.1 Å². The van der Waals surface area contributed by atoms with Gasteiger partial charge in [-0.1, -0.05) is 12.1 Å². The van der Waals surface area contributed by atoms with E-state index in [1.807, 2.05) is 19.1 Å². The zero-order valence-corrected chi connectivity index (χ0v) is 21.3. The Bertz CT molecular complexity index is 1330. The zero-order valence-electron chi connectivity index (χ0n) is 21.3. The molecule has 3 aromatic rings. The summed E-state index contributed by atoms with van der Waals surface area (Å²) in [5.74, 6) is 1.29. The molecular weight excluding hydrogens is 473 g/mol. The van der Waals surface area contributed by atoms with Crippen LogP contribution in [-0.4, -0.2) is 54.0 Å². The van der Waals surface area contributed by atoms with Crippen LogP contribution in [-0.2, 0) is 13.0 Å². The number of anilines is 1. The SMILES string of the molecule is COc1cc2c(cc1C)NC(=Nc1ncc(-c3ccc(CN(CCCN)CCCN)c(F)c3)c(=O)[nH]1)C2. The first kappa shape index (κ1) is 26.5. The molecule has 2 heterocycles. The monoisotopic (exact) mass is 507 g/mol. The first-order valence-electron chi connectivity index (χ1n) is 12.4. The first-order valence-corrected chi connectivity index (χ1v) is 12.4. The number of halogens is 1. The molecule has 0 unspecified atom stereocenters. The molecule has 6 N–H and O–H groups in total. The average molecular weight is 508 g/mol. The van der Waals surface area contributed by atoms with Gasteiger partial charge < -0.3 is 21.5 Å². The molecule has 0 saturated heterocycles. The van der Waals surface area contributed by atoms with Gasteiger partial charge in [0.1, 0.15) is 17.4 Å². The van der Waals surface area contributed by atoms with Crippen LogP contribution >= 0.6 is 0 Å². The molecule has 37 heavy (non-hydrogen) atoms. The Morgan fingerprint density at radius 3 is 2.57 bits per heavy atom. The Labute approximate surface area is 215 Å². The highest BCUT2D eigenvalue weighted by molar-refractivity contribution is 6.04. The van der Waals surface area contributed by atoms with Crippen molar-refractivity contribution in [3.05, 3.63) is 69.4 Å². The largest absolute Gasteiger partial charge is 0.496 e. The third kappa shape index (κ3) is 6.40. The van der Waals surface area contributed by atoms with Crippen LogP contribution in [0.3, 0.4) is 0 Å². The van der Waals surface area contributed by atoms with Crippen molar-refractivity contribution < 1.29 is 9.13 Å². The van der Waals surface area contributed by atoms with Crippen LogP contribution in [0.5, 0.6) is 5.75 Å². The number of aromatic nitrogens is 2. The second kappa shape index (κ2) is 12.1. The van der Waals surface area contributed by atoms with Crippen LogP contribution in [0.4, 0.5) is 16.0 Å². The molecule has 1 aliphatic heterocycles. The lowest BCUT2D eigenvalue weighted by atomic mass is 10.1. The Morgan fingerprint density at radius 1 is 1.16 bits per heavy atom. The molecule has 0 spiro atoms. The number of amidine groups is 1. The smallest absolute Gasteiger partial charge is 0.260 e. The van der Waals surface area contributed by atoms with E-state index < -0.39 is 0 Å². The van der Waals surface area contributed by atoms with Crippen LogP contribution in [0.2, 0.25) is 0 Å². The number of fused-ring (bicyclic) bond motifs is 1. The fraction of sp³-hybridized carbons (Fsp3) is 0.370. The Hall–Kier alpha value is -3.60. The molecule has 0 fully saturated rings. The molecule has 9 nitrogen and oxygen atoms in total. The number of rotatable bonds is 11. The summed E-state index contributed by atoms with van der Waals surface area (Å²) in [5, 5.41) is 3.26. The van der Waals surface area contributed by atoms with E-state index in [1.54, 1.807) is 19.2 Å². The van der Waals surface area contributed by atoms with Crippen molar-refractivity contribution >= 4 is 17.5 Å². The Kier molecular flexibility index (Phi) is 8.65. The highest BCUT2D eigenvalue weighted by atomic mass is 19.1. The summed E-state index contributed by atoms with van der Waals surface area (Å²) in [7, 11) is 1.64. The third-order valence-electron chi connectivity index (χ3n) is 6.40. The van der Waals surface area contributed by atoms with E-state index in [1.165, 1.54) is 12.3 Å². The van der Waals surface area contributed by atoms with Gasteiger partial charge in [0.25, 0.3) is 5.56 Å². The van der Waals surface area contributed by atoms with Crippen molar-refractivity contribution in [1.29, 1.82) is 0 Å². The molecule has 0 amide bonds. The summed E-state index contributed by atoms with van der Waals surface area (Å²) >= 11 is 0. The van der Waals surface area contributed by atoms with Crippen molar-refractivity contribution in [2.24, 2.45) is 16.5 Å². The number of methoxy groups -OCH3 is 1. The molecule has 0 saturated carbocycles. The van der Waals surface area contributed by atoms with E-state index in [-0.39, 0.29) is 22.9 Å². The molecule has 0 atom stereocenters. The van der Waals surface area contributed by atoms with E-state index >= 15 is 0 Å². The lowest BCUT2D eigenvalue weighted by Crippen LogP contribution is -2.28. The molecule has 1 aliphatic rings. The predicted molar refractivity (Wildman–Crippen MR) is 145 cm³/mol. The molecule has 0 bridgehead atoms. The maximum absolute atomic E-state index is 15.0. The van der Waals surface area contributed by atoms with E-state index in [9.17, 15) is 9.18 Å². The van der Waals surface area contributed by atoms with Gasteiger partial charge in [-0.25, -0.2) is 9.37 Å². The van der Waals surface area contributed by atoms with Gasteiger partial charge in [0.15, 0.2) is 0 Å². The topological polar surface area (TPSA) is 135 Å².